The van der Waals surface area contributed by atoms with Gasteiger partial charge in [-0.2, -0.15) is 0 Å². The van der Waals surface area contributed by atoms with Crippen LogP contribution < -0.4 is 0 Å². The third kappa shape index (κ3) is 4.03. The van der Waals surface area contributed by atoms with Crippen molar-refractivity contribution < 1.29 is 0 Å². The van der Waals surface area contributed by atoms with Crippen molar-refractivity contribution in [2.75, 3.05) is 19.6 Å². The standard InChI is InChI=1S/C27H29N3/c1-3-9-22(10-4-1)25(23-11-5-2-6-12-23)17-20-29-18-15-24(16-19-29)30-21-28-26-13-7-8-14-27(26)30/h1-14,21,24-25H,15-20H2. The van der Waals surface area contributed by atoms with Gasteiger partial charge in [-0.15, -0.1) is 0 Å². The summed E-state index contributed by atoms with van der Waals surface area (Å²) in [6.45, 7) is 3.47. The molecular formula is C27H29N3. The number of benzene rings is 3. The Bertz CT molecular complexity index is 1020. The lowest BCUT2D eigenvalue weighted by atomic mass is 9.88. The first-order valence-electron chi connectivity index (χ1n) is 11.1. The molecule has 4 aromatic rings. The van der Waals surface area contributed by atoms with Crippen LogP contribution in [0.5, 0.6) is 0 Å². The number of rotatable bonds is 6. The molecule has 1 fully saturated rings. The first-order chi connectivity index (χ1) is 14.9. The maximum atomic E-state index is 4.59. The van der Waals surface area contributed by atoms with Crippen molar-refractivity contribution in [1.29, 1.82) is 0 Å². The molecule has 1 aliphatic heterocycles. The Morgan fingerprint density at radius 1 is 0.767 bits per heavy atom. The average molecular weight is 396 g/mol. The van der Waals surface area contributed by atoms with E-state index in [-0.39, 0.29) is 0 Å². The summed E-state index contributed by atoms with van der Waals surface area (Å²) < 4.78 is 2.39. The van der Waals surface area contributed by atoms with E-state index >= 15 is 0 Å². The third-order valence-electron chi connectivity index (χ3n) is 6.57. The van der Waals surface area contributed by atoms with Crippen LogP contribution in [-0.4, -0.2) is 34.1 Å². The highest BCUT2D eigenvalue weighted by molar-refractivity contribution is 5.75. The molecule has 3 nitrogen and oxygen atoms in total. The number of fused-ring (bicyclic) bond motifs is 1. The minimum atomic E-state index is 0.461. The van der Waals surface area contributed by atoms with E-state index in [9.17, 15) is 0 Å². The summed E-state index contributed by atoms with van der Waals surface area (Å²) in [5.74, 6) is 0.461. The van der Waals surface area contributed by atoms with Crippen molar-refractivity contribution in [2.24, 2.45) is 0 Å². The van der Waals surface area contributed by atoms with E-state index in [2.05, 4.69) is 99.4 Å². The highest BCUT2D eigenvalue weighted by Gasteiger charge is 2.23. The van der Waals surface area contributed by atoms with Gasteiger partial charge in [0.25, 0.3) is 0 Å². The molecule has 152 valence electrons. The molecule has 0 spiro atoms. The predicted octanol–water partition coefficient (Wildman–Crippen LogP) is 5.90. The first-order valence-corrected chi connectivity index (χ1v) is 11.1. The lowest BCUT2D eigenvalue weighted by molar-refractivity contribution is 0.184. The molecule has 1 saturated heterocycles. The van der Waals surface area contributed by atoms with Crippen molar-refractivity contribution >= 4 is 11.0 Å². The molecule has 0 amide bonds. The number of likely N-dealkylation sites (tertiary alicyclic amines) is 1. The Morgan fingerprint density at radius 2 is 1.37 bits per heavy atom. The summed E-state index contributed by atoms with van der Waals surface area (Å²) in [5.41, 5.74) is 5.21. The zero-order chi connectivity index (χ0) is 20.2. The van der Waals surface area contributed by atoms with Crippen molar-refractivity contribution in [3.8, 4) is 0 Å². The summed E-state index contributed by atoms with van der Waals surface area (Å²) in [7, 11) is 0. The summed E-state index contributed by atoms with van der Waals surface area (Å²) in [5, 5.41) is 0. The quantitative estimate of drug-likeness (QED) is 0.405. The second-order valence-corrected chi connectivity index (χ2v) is 8.38. The average Bonchev–Trinajstić information content (AvgIpc) is 3.25. The van der Waals surface area contributed by atoms with Gasteiger partial charge in [0.2, 0.25) is 0 Å². The largest absolute Gasteiger partial charge is 0.327 e. The Labute approximate surface area is 179 Å². The number of aromatic nitrogens is 2. The van der Waals surface area contributed by atoms with E-state index in [0.717, 1.165) is 31.6 Å². The van der Waals surface area contributed by atoms with Crippen molar-refractivity contribution in [2.45, 2.75) is 31.2 Å². The third-order valence-corrected chi connectivity index (χ3v) is 6.57. The maximum absolute atomic E-state index is 4.59. The van der Waals surface area contributed by atoms with Gasteiger partial charge in [-0.25, -0.2) is 4.98 Å². The van der Waals surface area contributed by atoms with Gasteiger partial charge < -0.3 is 9.47 Å². The van der Waals surface area contributed by atoms with Gasteiger partial charge in [-0.1, -0.05) is 72.8 Å². The lowest BCUT2D eigenvalue weighted by Crippen LogP contribution is -2.35. The summed E-state index contributed by atoms with van der Waals surface area (Å²) >= 11 is 0. The fourth-order valence-electron chi connectivity index (χ4n) is 4.90. The topological polar surface area (TPSA) is 21.1 Å². The number of piperidine rings is 1. The molecule has 30 heavy (non-hydrogen) atoms. The lowest BCUT2D eigenvalue weighted by Gasteiger charge is -2.33. The molecule has 3 heteroatoms. The van der Waals surface area contributed by atoms with E-state index in [1.54, 1.807) is 0 Å². The number of nitrogens with zero attached hydrogens (tertiary/aromatic N) is 3. The fraction of sp³-hybridized carbons (Fsp3) is 0.296. The van der Waals surface area contributed by atoms with Gasteiger partial charge in [-0.3, -0.25) is 0 Å². The highest BCUT2D eigenvalue weighted by Crippen LogP contribution is 2.30. The Hall–Kier alpha value is -2.91. The van der Waals surface area contributed by atoms with Gasteiger partial charge in [0.05, 0.1) is 17.4 Å². The minimum absolute atomic E-state index is 0.461. The molecule has 5 rings (SSSR count). The maximum Gasteiger partial charge on any atom is 0.0960 e. The first kappa shape index (κ1) is 19.1. The highest BCUT2D eigenvalue weighted by atomic mass is 15.2. The van der Waals surface area contributed by atoms with Gasteiger partial charge in [-0.05, 0) is 49.1 Å². The molecule has 0 bridgehead atoms. The molecular weight excluding hydrogens is 366 g/mol. The normalized spacial score (nSPS) is 15.8. The molecule has 0 atom stereocenters. The van der Waals surface area contributed by atoms with Crippen molar-refractivity contribution in [3.05, 3.63) is 102 Å². The zero-order valence-electron chi connectivity index (χ0n) is 17.4. The van der Waals surface area contributed by atoms with E-state index in [4.69, 9.17) is 0 Å². The van der Waals surface area contributed by atoms with Crippen LogP contribution >= 0.6 is 0 Å². The van der Waals surface area contributed by atoms with Crippen LogP contribution in [0.15, 0.2) is 91.3 Å². The van der Waals surface area contributed by atoms with Crippen LogP contribution in [0.3, 0.4) is 0 Å². The molecule has 0 aliphatic carbocycles. The van der Waals surface area contributed by atoms with Crippen LogP contribution in [0.4, 0.5) is 0 Å². The summed E-state index contributed by atoms with van der Waals surface area (Å²) in [6, 6.07) is 31.0. The Balaban J connectivity index is 1.23. The molecule has 1 aliphatic rings. The van der Waals surface area contributed by atoms with Gasteiger partial charge in [0.1, 0.15) is 0 Å². The molecule has 0 radical (unpaired) electrons. The Kier molecular flexibility index (Phi) is 5.62. The molecule has 2 heterocycles. The van der Waals surface area contributed by atoms with Crippen LogP contribution in [0.1, 0.15) is 42.3 Å². The van der Waals surface area contributed by atoms with Crippen molar-refractivity contribution in [1.82, 2.24) is 14.5 Å². The SMILES string of the molecule is c1ccc(C(CCN2CCC(n3cnc4ccccc43)CC2)c2ccccc2)cc1. The number of imidazole rings is 1. The van der Waals surface area contributed by atoms with Crippen LogP contribution in [-0.2, 0) is 0 Å². The van der Waals surface area contributed by atoms with Crippen LogP contribution in [0, 0.1) is 0 Å². The second-order valence-electron chi connectivity index (χ2n) is 8.38. The summed E-state index contributed by atoms with van der Waals surface area (Å²) in [6.07, 6.45) is 5.59. The van der Waals surface area contributed by atoms with Crippen molar-refractivity contribution in [3.63, 3.8) is 0 Å². The molecule has 0 N–H and O–H groups in total. The second kappa shape index (κ2) is 8.85. The van der Waals surface area contributed by atoms with E-state index < -0.39 is 0 Å². The smallest absolute Gasteiger partial charge is 0.0960 e. The monoisotopic (exact) mass is 395 g/mol. The molecule has 1 aromatic heterocycles. The summed E-state index contributed by atoms with van der Waals surface area (Å²) in [4.78, 5) is 7.24. The van der Waals surface area contributed by atoms with Gasteiger partial charge in [0.15, 0.2) is 0 Å². The van der Waals surface area contributed by atoms with Crippen LogP contribution in [0.2, 0.25) is 0 Å². The number of hydrogen-bond acceptors (Lipinski definition) is 2. The fourth-order valence-corrected chi connectivity index (χ4v) is 4.90. The molecule has 0 unspecified atom stereocenters. The van der Waals surface area contributed by atoms with Crippen LogP contribution in [0.25, 0.3) is 11.0 Å². The Morgan fingerprint density at radius 3 is 2.03 bits per heavy atom. The molecule has 3 aromatic carbocycles. The number of para-hydroxylation sites is 2. The van der Waals surface area contributed by atoms with Gasteiger partial charge >= 0.3 is 0 Å². The van der Waals surface area contributed by atoms with E-state index in [1.165, 1.54) is 29.5 Å². The van der Waals surface area contributed by atoms with E-state index in [0.29, 0.717) is 12.0 Å². The van der Waals surface area contributed by atoms with E-state index in [1.807, 2.05) is 6.33 Å². The minimum Gasteiger partial charge on any atom is -0.327 e. The zero-order valence-corrected chi connectivity index (χ0v) is 17.4. The molecule has 0 saturated carbocycles. The number of hydrogen-bond donors (Lipinski definition) is 0. The predicted molar refractivity (Wildman–Crippen MR) is 124 cm³/mol. The van der Waals surface area contributed by atoms with Gasteiger partial charge in [0, 0.05) is 25.0 Å².